The molecule has 19 heavy (non-hydrogen) atoms. The number of hydrogen-bond acceptors (Lipinski definition) is 1. The summed E-state index contributed by atoms with van der Waals surface area (Å²) in [6.07, 6.45) is 6.41. The molecule has 0 spiro atoms. The molecule has 1 aromatic rings. The minimum atomic E-state index is 0.519. The molecule has 0 bridgehead atoms. The quantitative estimate of drug-likeness (QED) is 0.764. The van der Waals surface area contributed by atoms with Crippen LogP contribution in [0.2, 0.25) is 10.0 Å². The fraction of sp³-hybridized carbons (Fsp3) is 0.600. The predicted molar refractivity (Wildman–Crippen MR) is 80.6 cm³/mol. The van der Waals surface area contributed by atoms with Gasteiger partial charge in [-0.3, -0.25) is 0 Å². The monoisotopic (exact) mass is 302 g/mol. The largest absolute Gasteiger partial charge is 0.492 e. The molecule has 2 rings (SSSR count). The number of hydrogen-bond donors (Lipinski definition) is 1. The first-order valence-electron chi connectivity index (χ1n) is 7.18. The fourth-order valence-electron chi connectivity index (χ4n) is 2.56. The summed E-state index contributed by atoms with van der Waals surface area (Å²) in [5, 5.41) is 1.07. The van der Waals surface area contributed by atoms with Gasteiger partial charge in [0.25, 0.3) is 0 Å². The topological polar surface area (TPSA) is 13.7 Å². The number of nitrogens with one attached hydrogen (secondary N) is 1. The Morgan fingerprint density at radius 3 is 2.63 bits per heavy atom. The number of halogens is 2. The second-order valence-electron chi connectivity index (χ2n) is 5.17. The van der Waals surface area contributed by atoms with Crippen molar-refractivity contribution in [2.75, 3.05) is 26.2 Å². The average molecular weight is 303 g/mol. The van der Waals surface area contributed by atoms with Crippen molar-refractivity contribution in [1.29, 1.82) is 0 Å². The molecule has 2 nitrogen and oxygen atoms in total. The number of benzene rings is 1. The van der Waals surface area contributed by atoms with Gasteiger partial charge < -0.3 is 9.64 Å². The summed E-state index contributed by atoms with van der Waals surface area (Å²) < 4.78 is 5.67. The molecule has 106 valence electrons. The molecule has 0 aromatic heterocycles. The van der Waals surface area contributed by atoms with Crippen LogP contribution in [-0.2, 0) is 0 Å². The maximum absolute atomic E-state index is 6.06. The molecular weight excluding hydrogens is 281 g/mol. The third-order valence-corrected chi connectivity index (χ3v) is 4.46. The van der Waals surface area contributed by atoms with Gasteiger partial charge in [-0.1, -0.05) is 29.3 Å². The van der Waals surface area contributed by atoms with Crippen molar-refractivity contribution in [3.05, 3.63) is 28.2 Å². The summed E-state index contributed by atoms with van der Waals surface area (Å²) in [6.45, 7) is 4.77. The fourth-order valence-corrected chi connectivity index (χ4v) is 2.90. The van der Waals surface area contributed by atoms with Crippen LogP contribution in [0.15, 0.2) is 18.2 Å². The van der Waals surface area contributed by atoms with Crippen LogP contribution in [0.25, 0.3) is 0 Å². The molecule has 4 heteroatoms. The van der Waals surface area contributed by atoms with Crippen LogP contribution in [0, 0.1) is 0 Å². The molecule has 0 aliphatic carbocycles. The zero-order chi connectivity index (χ0) is 13.5. The highest BCUT2D eigenvalue weighted by Crippen LogP contribution is 2.31. The lowest BCUT2D eigenvalue weighted by molar-refractivity contribution is -0.887. The molecule has 1 aliphatic rings. The van der Waals surface area contributed by atoms with E-state index in [2.05, 4.69) is 0 Å². The minimum Gasteiger partial charge on any atom is -0.492 e. The summed E-state index contributed by atoms with van der Waals surface area (Å²) in [5.74, 6) is 0.694. The third kappa shape index (κ3) is 4.87. The van der Waals surface area contributed by atoms with Crippen molar-refractivity contribution in [3.8, 4) is 5.75 Å². The first-order chi connectivity index (χ1) is 9.27. The normalized spacial score (nSPS) is 15.9. The Morgan fingerprint density at radius 2 is 1.84 bits per heavy atom. The number of likely N-dealkylation sites (tertiary alicyclic amines) is 1. The first-order valence-corrected chi connectivity index (χ1v) is 7.93. The van der Waals surface area contributed by atoms with Gasteiger partial charge in [-0.15, -0.1) is 0 Å². The van der Waals surface area contributed by atoms with Gasteiger partial charge in [0.05, 0.1) is 31.3 Å². The van der Waals surface area contributed by atoms with Crippen LogP contribution >= 0.6 is 23.2 Å². The zero-order valence-electron chi connectivity index (χ0n) is 11.3. The number of unbranched alkanes of at least 4 members (excludes halogenated alkanes) is 2. The number of ether oxygens (including phenoxy) is 1. The predicted octanol–water partition coefficient (Wildman–Crippen LogP) is 3.22. The lowest BCUT2D eigenvalue weighted by Crippen LogP contribution is -3.09. The number of quaternary nitrogens is 1. The number of rotatable bonds is 7. The van der Waals surface area contributed by atoms with E-state index in [1.165, 1.54) is 45.3 Å². The molecule has 0 saturated carbocycles. The van der Waals surface area contributed by atoms with E-state index in [-0.39, 0.29) is 0 Å². The summed E-state index contributed by atoms with van der Waals surface area (Å²) >= 11 is 12.0. The Balaban J connectivity index is 1.57. The SMILES string of the molecule is Clc1cccc(OCCCCC[NH+]2CCCC2)c1Cl. The summed E-state index contributed by atoms with van der Waals surface area (Å²) in [7, 11) is 0. The maximum Gasteiger partial charge on any atom is 0.139 e. The highest BCUT2D eigenvalue weighted by molar-refractivity contribution is 6.42. The molecule has 0 atom stereocenters. The smallest absolute Gasteiger partial charge is 0.139 e. The maximum atomic E-state index is 6.06. The molecule has 0 amide bonds. The van der Waals surface area contributed by atoms with E-state index >= 15 is 0 Å². The zero-order valence-corrected chi connectivity index (χ0v) is 12.8. The second-order valence-corrected chi connectivity index (χ2v) is 5.95. The van der Waals surface area contributed by atoms with Gasteiger partial charge in [0.1, 0.15) is 10.8 Å². The summed E-state index contributed by atoms with van der Waals surface area (Å²) in [4.78, 5) is 1.78. The first kappa shape index (κ1) is 15.0. The lowest BCUT2D eigenvalue weighted by Gasteiger charge is -2.12. The summed E-state index contributed by atoms with van der Waals surface area (Å²) in [6, 6.07) is 5.50. The highest BCUT2D eigenvalue weighted by atomic mass is 35.5. The van der Waals surface area contributed by atoms with Crippen molar-refractivity contribution >= 4 is 23.2 Å². The van der Waals surface area contributed by atoms with Gasteiger partial charge in [-0.05, 0) is 31.4 Å². The standard InChI is InChI=1S/C15H21Cl2NO/c16-13-7-6-8-14(15(13)17)19-12-5-1-2-9-18-10-3-4-11-18/h6-8H,1-5,9-12H2/p+1. The Bertz CT molecular complexity index is 392. The van der Waals surface area contributed by atoms with E-state index in [4.69, 9.17) is 27.9 Å². The molecule has 1 N–H and O–H groups in total. The van der Waals surface area contributed by atoms with Gasteiger partial charge in [-0.2, -0.15) is 0 Å². The van der Waals surface area contributed by atoms with Crippen LogP contribution in [0.5, 0.6) is 5.75 Å². The van der Waals surface area contributed by atoms with E-state index in [0.717, 1.165) is 13.0 Å². The van der Waals surface area contributed by atoms with Gasteiger partial charge in [0.2, 0.25) is 0 Å². The van der Waals surface area contributed by atoms with Crippen LogP contribution in [0.4, 0.5) is 0 Å². The van der Waals surface area contributed by atoms with E-state index < -0.39 is 0 Å². The molecule has 1 saturated heterocycles. The van der Waals surface area contributed by atoms with Crippen molar-refractivity contribution in [3.63, 3.8) is 0 Å². The van der Waals surface area contributed by atoms with Crippen LogP contribution in [-0.4, -0.2) is 26.2 Å². The summed E-state index contributed by atoms with van der Waals surface area (Å²) in [5.41, 5.74) is 0. The Labute approximate surface area is 125 Å². The van der Waals surface area contributed by atoms with E-state index in [1.54, 1.807) is 11.0 Å². The Morgan fingerprint density at radius 1 is 1.05 bits per heavy atom. The van der Waals surface area contributed by atoms with Crippen LogP contribution < -0.4 is 9.64 Å². The molecule has 1 fully saturated rings. The molecule has 1 heterocycles. The van der Waals surface area contributed by atoms with Gasteiger partial charge in [0, 0.05) is 12.8 Å². The molecule has 1 aliphatic heterocycles. The molecule has 0 unspecified atom stereocenters. The molecule has 0 radical (unpaired) electrons. The van der Waals surface area contributed by atoms with Crippen molar-refractivity contribution in [2.24, 2.45) is 0 Å². The Hall–Kier alpha value is -0.440. The molecular formula is C15H22Cl2NO+. The van der Waals surface area contributed by atoms with Crippen molar-refractivity contribution in [2.45, 2.75) is 32.1 Å². The van der Waals surface area contributed by atoms with E-state index in [0.29, 0.717) is 15.8 Å². The molecule has 1 aromatic carbocycles. The van der Waals surface area contributed by atoms with E-state index in [1.807, 2.05) is 12.1 Å². The van der Waals surface area contributed by atoms with Crippen molar-refractivity contribution in [1.82, 2.24) is 0 Å². The van der Waals surface area contributed by atoms with Crippen LogP contribution in [0.1, 0.15) is 32.1 Å². The Kier molecular flexibility index (Phi) is 6.29. The van der Waals surface area contributed by atoms with Gasteiger partial charge in [-0.25, -0.2) is 0 Å². The van der Waals surface area contributed by atoms with Crippen LogP contribution in [0.3, 0.4) is 0 Å². The minimum absolute atomic E-state index is 0.519. The third-order valence-electron chi connectivity index (χ3n) is 3.66. The highest BCUT2D eigenvalue weighted by Gasteiger charge is 2.13. The van der Waals surface area contributed by atoms with Gasteiger partial charge >= 0.3 is 0 Å². The van der Waals surface area contributed by atoms with E-state index in [9.17, 15) is 0 Å². The lowest BCUT2D eigenvalue weighted by atomic mass is 10.2. The van der Waals surface area contributed by atoms with Gasteiger partial charge in [0.15, 0.2) is 0 Å². The average Bonchev–Trinajstić information content (AvgIpc) is 2.91. The second kappa shape index (κ2) is 7.98. The van der Waals surface area contributed by atoms with Crippen molar-refractivity contribution < 1.29 is 9.64 Å².